The van der Waals surface area contributed by atoms with E-state index in [0.29, 0.717) is 38.3 Å². The number of para-hydroxylation sites is 1. The monoisotopic (exact) mass is 568 g/mol. The van der Waals surface area contributed by atoms with Crippen LogP contribution in [0.25, 0.3) is 22.0 Å². The second-order valence-corrected chi connectivity index (χ2v) is 9.26. The molecule has 0 saturated carbocycles. The molecule has 0 aliphatic rings. The lowest BCUT2D eigenvalue weighted by molar-refractivity contribution is -0.385. The smallest absolute Gasteiger partial charge is 0.311 e. The van der Waals surface area contributed by atoms with Crippen LogP contribution in [-0.2, 0) is 11.4 Å². The first-order valence-corrected chi connectivity index (χ1v) is 12.9. The molecule has 204 valence electrons. The predicted molar refractivity (Wildman–Crippen MR) is 154 cm³/mol. The van der Waals surface area contributed by atoms with Gasteiger partial charge in [-0.15, -0.1) is 0 Å². The van der Waals surface area contributed by atoms with Crippen LogP contribution in [0.4, 0.5) is 21.5 Å². The molecule has 0 unspecified atom stereocenters. The molecular formula is C31H22ClFN4O4. The number of hydrogen-bond donors (Lipinski definition) is 0. The maximum absolute atomic E-state index is 14.8. The summed E-state index contributed by atoms with van der Waals surface area (Å²) >= 11 is 6.33. The normalized spacial score (nSPS) is 10.8. The molecule has 5 rings (SSSR count). The van der Waals surface area contributed by atoms with Crippen LogP contribution in [0.15, 0.2) is 91.1 Å². The van der Waals surface area contributed by atoms with E-state index in [2.05, 4.69) is 11.1 Å². The third-order valence-corrected chi connectivity index (χ3v) is 6.62. The lowest BCUT2D eigenvalue weighted by atomic mass is 10.0. The third kappa shape index (κ3) is 5.65. The van der Waals surface area contributed by atoms with Gasteiger partial charge in [0.15, 0.2) is 5.75 Å². The van der Waals surface area contributed by atoms with Crippen molar-refractivity contribution in [3.8, 4) is 22.9 Å². The summed E-state index contributed by atoms with van der Waals surface area (Å²) in [6, 6.07) is 25.4. The Morgan fingerprint density at radius 3 is 2.51 bits per heavy atom. The van der Waals surface area contributed by atoms with Crippen LogP contribution in [0.1, 0.15) is 18.1 Å². The Balaban J connectivity index is 1.63. The molecule has 5 aromatic rings. The highest BCUT2D eigenvalue weighted by Gasteiger charge is 2.24. The van der Waals surface area contributed by atoms with Crippen molar-refractivity contribution >= 4 is 39.6 Å². The molecule has 0 bridgehead atoms. The number of ether oxygens (including phenoxy) is 1. The highest BCUT2D eigenvalue weighted by atomic mass is 35.5. The van der Waals surface area contributed by atoms with Gasteiger partial charge in [-0.05, 0) is 42.8 Å². The van der Waals surface area contributed by atoms with Crippen LogP contribution in [0.5, 0.6) is 5.75 Å². The van der Waals surface area contributed by atoms with E-state index in [1.807, 2.05) is 6.07 Å². The van der Waals surface area contributed by atoms with E-state index < -0.39 is 10.7 Å². The number of rotatable bonds is 9. The minimum atomic E-state index is -0.546. The quantitative estimate of drug-likeness (QED) is 0.131. The van der Waals surface area contributed by atoms with Crippen molar-refractivity contribution in [3.63, 3.8) is 0 Å². The molecule has 0 saturated heterocycles. The van der Waals surface area contributed by atoms with Gasteiger partial charge in [0.25, 0.3) is 0 Å². The summed E-state index contributed by atoms with van der Waals surface area (Å²) in [5, 5.41) is 24.1. The van der Waals surface area contributed by atoms with Gasteiger partial charge in [-0.3, -0.25) is 19.9 Å². The zero-order chi connectivity index (χ0) is 28.9. The van der Waals surface area contributed by atoms with Crippen molar-refractivity contribution in [2.75, 3.05) is 11.7 Å². The first-order valence-electron chi connectivity index (χ1n) is 12.6. The Bertz CT molecular complexity index is 1790. The number of pyridine rings is 1. The fourth-order valence-corrected chi connectivity index (χ4v) is 4.67. The van der Waals surface area contributed by atoms with Crippen molar-refractivity contribution in [2.24, 2.45) is 0 Å². The highest BCUT2D eigenvalue weighted by molar-refractivity contribution is 6.33. The molecule has 0 N–H and O–H groups in total. The van der Waals surface area contributed by atoms with Gasteiger partial charge in [-0.2, -0.15) is 5.26 Å². The Kier molecular flexibility index (Phi) is 8.06. The standard InChI is InChI=1S/C31H22ClFN4O4/c1-2-40-30-16-28-25(15-29(30)37(38)39)31(21(17-34)18-35-28)36(22-8-4-3-5-9-22)41-19-20-12-13-27(33)24(14-20)23-10-6-7-11-26(23)32/h3-16,18H,2,19H2,1H3. The maximum atomic E-state index is 14.8. The number of nitrogens with zero attached hydrogens (tertiary/aromatic N) is 4. The number of aromatic nitrogens is 1. The van der Waals surface area contributed by atoms with E-state index in [9.17, 15) is 19.8 Å². The molecule has 4 aromatic carbocycles. The number of nitro groups is 1. The Hall–Kier alpha value is -5.04. The molecule has 41 heavy (non-hydrogen) atoms. The van der Waals surface area contributed by atoms with Crippen LogP contribution in [0, 0.1) is 27.3 Å². The van der Waals surface area contributed by atoms with E-state index in [1.54, 1.807) is 67.6 Å². The van der Waals surface area contributed by atoms with Crippen molar-refractivity contribution in [1.29, 1.82) is 5.26 Å². The summed E-state index contributed by atoms with van der Waals surface area (Å²) in [5.74, 6) is -0.371. The number of benzene rings is 4. The molecular weight excluding hydrogens is 547 g/mol. The first-order chi connectivity index (χ1) is 19.9. The van der Waals surface area contributed by atoms with Crippen LogP contribution >= 0.6 is 11.6 Å². The lowest BCUT2D eigenvalue weighted by Crippen LogP contribution is -2.19. The van der Waals surface area contributed by atoms with Crippen molar-refractivity contribution < 1.29 is 18.9 Å². The van der Waals surface area contributed by atoms with Gasteiger partial charge < -0.3 is 4.74 Å². The summed E-state index contributed by atoms with van der Waals surface area (Å²) in [6.07, 6.45) is 1.38. The molecule has 8 nitrogen and oxygen atoms in total. The fraction of sp³-hybridized carbons (Fsp3) is 0.0968. The Morgan fingerprint density at radius 2 is 1.80 bits per heavy atom. The zero-order valence-corrected chi connectivity index (χ0v) is 22.5. The van der Waals surface area contributed by atoms with Crippen molar-refractivity contribution in [3.05, 3.63) is 123 Å². The number of nitro benzene ring substituents is 1. The average molecular weight is 569 g/mol. The third-order valence-electron chi connectivity index (χ3n) is 6.29. The molecule has 0 aliphatic heterocycles. The van der Waals surface area contributed by atoms with E-state index in [4.69, 9.17) is 21.2 Å². The van der Waals surface area contributed by atoms with Gasteiger partial charge in [0.05, 0.1) is 34.0 Å². The van der Waals surface area contributed by atoms with Gasteiger partial charge in [0.2, 0.25) is 0 Å². The second kappa shape index (κ2) is 12.0. The van der Waals surface area contributed by atoms with Gasteiger partial charge >= 0.3 is 5.69 Å². The van der Waals surface area contributed by atoms with Gasteiger partial charge in [-0.25, -0.2) is 9.45 Å². The molecule has 1 heterocycles. The molecule has 0 radical (unpaired) electrons. The van der Waals surface area contributed by atoms with E-state index in [-0.39, 0.29) is 35.9 Å². The fourth-order valence-electron chi connectivity index (χ4n) is 4.43. The van der Waals surface area contributed by atoms with Crippen molar-refractivity contribution in [2.45, 2.75) is 13.5 Å². The Morgan fingerprint density at radius 1 is 1.05 bits per heavy atom. The van der Waals surface area contributed by atoms with Crippen LogP contribution < -0.4 is 9.80 Å². The molecule has 10 heteroatoms. The SMILES string of the molecule is CCOc1cc2ncc(C#N)c(N(OCc3ccc(F)c(-c4ccccc4Cl)c3)c3ccccc3)c2cc1[N+](=O)[O-]. The number of halogens is 2. The van der Waals surface area contributed by atoms with E-state index in [1.165, 1.54) is 29.5 Å². The first kappa shape index (κ1) is 27.5. The van der Waals surface area contributed by atoms with Crippen LogP contribution in [0.3, 0.4) is 0 Å². The number of fused-ring (bicyclic) bond motifs is 1. The number of nitriles is 1. The van der Waals surface area contributed by atoms with Crippen LogP contribution in [0.2, 0.25) is 5.02 Å². The van der Waals surface area contributed by atoms with Gasteiger partial charge in [0, 0.05) is 39.9 Å². The second-order valence-electron chi connectivity index (χ2n) is 8.86. The summed E-state index contributed by atoms with van der Waals surface area (Å²) in [4.78, 5) is 22.0. The minimum Gasteiger partial charge on any atom is -0.487 e. The maximum Gasteiger partial charge on any atom is 0.311 e. The lowest BCUT2D eigenvalue weighted by Gasteiger charge is -2.26. The average Bonchev–Trinajstić information content (AvgIpc) is 2.98. The summed E-state index contributed by atoms with van der Waals surface area (Å²) in [7, 11) is 0. The topological polar surface area (TPSA) is 102 Å². The summed E-state index contributed by atoms with van der Waals surface area (Å²) < 4.78 is 20.3. The predicted octanol–water partition coefficient (Wildman–Crippen LogP) is 8.14. The molecule has 0 spiro atoms. The van der Waals surface area contributed by atoms with Crippen LogP contribution in [-0.4, -0.2) is 16.5 Å². The Labute approximate surface area is 239 Å². The highest BCUT2D eigenvalue weighted by Crippen LogP contribution is 2.40. The molecule has 0 atom stereocenters. The zero-order valence-electron chi connectivity index (χ0n) is 21.8. The minimum absolute atomic E-state index is 0.0273. The molecule has 0 aliphatic carbocycles. The van der Waals surface area contributed by atoms with Gasteiger partial charge in [-0.1, -0.05) is 54.1 Å². The largest absolute Gasteiger partial charge is 0.487 e. The van der Waals surface area contributed by atoms with E-state index in [0.717, 1.165) is 0 Å². The summed E-state index contributed by atoms with van der Waals surface area (Å²) in [5.41, 5.74) is 2.55. The van der Waals surface area contributed by atoms with E-state index >= 15 is 0 Å². The number of hydrogen-bond acceptors (Lipinski definition) is 7. The van der Waals surface area contributed by atoms with Gasteiger partial charge in [0.1, 0.15) is 18.5 Å². The molecule has 1 aromatic heterocycles. The summed E-state index contributed by atoms with van der Waals surface area (Å²) in [6.45, 7) is 1.92. The number of anilines is 2. The molecule has 0 amide bonds. The molecule has 0 fully saturated rings. The van der Waals surface area contributed by atoms with Crippen molar-refractivity contribution in [1.82, 2.24) is 4.98 Å².